The van der Waals surface area contributed by atoms with Crippen LogP contribution in [-0.4, -0.2) is 6.54 Å². The van der Waals surface area contributed by atoms with E-state index >= 15 is 0 Å². The van der Waals surface area contributed by atoms with E-state index in [4.69, 9.17) is 0 Å². The zero-order valence-electron chi connectivity index (χ0n) is 9.63. The molecule has 2 heteroatoms. The lowest BCUT2D eigenvalue weighted by Crippen LogP contribution is -2.32. The maximum atomic E-state index is 3.62. The first-order valence-corrected chi connectivity index (χ1v) is 6.20. The molecule has 1 aromatic rings. The topological polar surface area (TPSA) is 12.0 Å². The van der Waals surface area contributed by atoms with Gasteiger partial charge in [-0.1, -0.05) is 33.8 Å². The van der Waals surface area contributed by atoms with Crippen molar-refractivity contribution in [1.29, 1.82) is 0 Å². The van der Waals surface area contributed by atoms with Crippen LogP contribution in [-0.2, 0) is 0 Å². The summed E-state index contributed by atoms with van der Waals surface area (Å²) in [6, 6.07) is 4.85. The van der Waals surface area contributed by atoms with Gasteiger partial charge in [-0.05, 0) is 29.8 Å². The minimum Gasteiger partial charge on any atom is -0.309 e. The molecule has 1 rings (SSSR count). The molecule has 1 nitrogen and oxygen atoms in total. The molecule has 0 fully saturated rings. The van der Waals surface area contributed by atoms with Crippen LogP contribution in [0, 0.1) is 5.41 Å². The number of nitrogens with one attached hydrogen (secondary N) is 1. The van der Waals surface area contributed by atoms with Crippen molar-refractivity contribution in [2.75, 3.05) is 6.54 Å². The van der Waals surface area contributed by atoms with Gasteiger partial charge in [-0.25, -0.2) is 0 Å². The van der Waals surface area contributed by atoms with Gasteiger partial charge in [-0.2, -0.15) is 0 Å². The summed E-state index contributed by atoms with van der Waals surface area (Å²) in [6.45, 7) is 10.2. The van der Waals surface area contributed by atoms with Gasteiger partial charge in [0.2, 0.25) is 0 Å². The smallest absolute Gasteiger partial charge is 0.0464 e. The highest BCUT2D eigenvalue weighted by atomic mass is 32.1. The molecule has 0 saturated heterocycles. The van der Waals surface area contributed by atoms with E-state index in [-0.39, 0.29) is 0 Å². The molecule has 0 saturated carbocycles. The van der Waals surface area contributed by atoms with Gasteiger partial charge < -0.3 is 5.32 Å². The lowest BCUT2D eigenvalue weighted by Gasteiger charge is -2.30. The molecule has 0 aliphatic heterocycles. The number of rotatable bonds is 4. The Morgan fingerprint density at radius 1 is 1.43 bits per heavy atom. The van der Waals surface area contributed by atoms with Crippen LogP contribution < -0.4 is 5.32 Å². The minimum absolute atomic E-state index is 0.292. The van der Waals surface area contributed by atoms with Gasteiger partial charge in [0.1, 0.15) is 0 Å². The molecule has 0 radical (unpaired) electrons. The molecule has 0 spiro atoms. The highest BCUT2D eigenvalue weighted by Crippen LogP contribution is 2.34. The predicted octanol–water partition coefficient (Wildman–Crippen LogP) is 3.83. The minimum atomic E-state index is 0.292. The number of hydrogen-bond donors (Lipinski definition) is 1. The Balaban J connectivity index is 2.73. The lowest BCUT2D eigenvalue weighted by molar-refractivity contribution is 0.277. The molecule has 0 aromatic carbocycles. The van der Waals surface area contributed by atoms with E-state index in [1.54, 1.807) is 0 Å². The van der Waals surface area contributed by atoms with Crippen molar-refractivity contribution < 1.29 is 0 Å². The van der Waals surface area contributed by atoms with Gasteiger partial charge in [0.05, 0.1) is 0 Å². The fourth-order valence-corrected chi connectivity index (χ4v) is 2.62. The second-order valence-electron chi connectivity index (χ2n) is 4.77. The van der Waals surface area contributed by atoms with Gasteiger partial charge in [0.15, 0.2) is 0 Å². The van der Waals surface area contributed by atoms with Crippen molar-refractivity contribution in [3.05, 3.63) is 22.4 Å². The zero-order valence-corrected chi connectivity index (χ0v) is 10.4. The van der Waals surface area contributed by atoms with Gasteiger partial charge >= 0.3 is 0 Å². The average molecular weight is 211 g/mol. The normalized spacial score (nSPS) is 14.3. The fraction of sp³-hybridized carbons (Fsp3) is 0.667. The van der Waals surface area contributed by atoms with E-state index in [9.17, 15) is 0 Å². The molecule has 0 amide bonds. The van der Waals surface area contributed by atoms with E-state index in [0.29, 0.717) is 11.5 Å². The van der Waals surface area contributed by atoms with E-state index in [0.717, 1.165) is 6.54 Å². The second kappa shape index (κ2) is 4.94. The quantitative estimate of drug-likeness (QED) is 0.798. The Morgan fingerprint density at radius 2 is 2.14 bits per heavy atom. The van der Waals surface area contributed by atoms with Crippen molar-refractivity contribution in [2.45, 2.75) is 40.2 Å². The third-order valence-corrected chi connectivity index (χ3v) is 3.23. The number of thiophene rings is 1. The summed E-state index contributed by atoms with van der Waals surface area (Å²) in [5, 5.41) is 5.78. The standard InChI is InChI=1S/C12H21NS/c1-5-8-13-11(12(2,3)4)10-7-6-9-14-10/h6-7,9,11,13H,5,8H2,1-4H3. The van der Waals surface area contributed by atoms with Crippen LogP contribution in [0.2, 0.25) is 0 Å². The van der Waals surface area contributed by atoms with Crippen molar-refractivity contribution in [3.63, 3.8) is 0 Å². The number of hydrogen-bond acceptors (Lipinski definition) is 2. The summed E-state index contributed by atoms with van der Waals surface area (Å²) >= 11 is 1.85. The summed E-state index contributed by atoms with van der Waals surface area (Å²) < 4.78 is 0. The first kappa shape index (κ1) is 11.7. The fourth-order valence-electron chi connectivity index (χ4n) is 1.58. The molecular weight excluding hydrogens is 190 g/mol. The SMILES string of the molecule is CCCNC(c1cccs1)C(C)(C)C. The first-order chi connectivity index (χ1) is 6.55. The van der Waals surface area contributed by atoms with Crippen LogP contribution in [0.15, 0.2) is 17.5 Å². The molecule has 1 unspecified atom stereocenters. The van der Waals surface area contributed by atoms with Crippen LogP contribution in [0.5, 0.6) is 0 Å². The van der Waals surface area contributed by atoms with Crippen LogP contribution in [0.25, 0.3) is 0 Å². The Kier molecular flexibility index (Phi) is 4.14. The molecule has 0 aliphatic rings. The molecule has 0 aliphatic carbocycles. The molecule has 1 N–H and O–H groups in total. The first-order valence-electron chi connectivity index (χ1n) is 5.32. The maximum absolute atomic E-state index is 3.62. The predicted molar refractivity (Wildman–Crippen MR) is 64.8 cm³/mol. The molecule has 80 valence electrons. The Labute approximate surface area is 91.5 Å². The molecule has 1 atom stereocenters. The van der Waals surface area contributed by atoms with Crippen molar-refractivity contribution in [1.82, 2.24) is 5.32 Å². The summed E-state index contributed by atoms with van der Waals surface area (Å²) in [5.41, 5.74) is 0.292. The largest absolute Gasteiger partial charge is 0.309 e. The van der Waals surface area contributed by atoms with E-state index in [1.807, 2.05) is 11.3 Å². The maximum Gasteiger partial charge on any atom is 0.0464 e. The summed E-state index contributed by atoms with van der Waals surface area (Å²) in [7, 11) is 0. The lowest BCUT2D eigenvalue weighted by atomic mass is 9.86. The third kappa shape index (κ3) is 3.10. The highest BCUT2D eigenvalue weighted by Gasteiger charge is 2.25. The Bertz CT molecular complexity index is 246. The zero-order chi connectivity index (χ0) is 10.6. The van der Waals surface area contributed by atoms with Gasteiger partial charge in [0.25, 0.3) is 0 Å². The van der Waals surface area contributed by atoms with E-state index in [2.05, 4.69) is 50.5 Å². The summed E-state index contributed by atoms with van der Waals surface area (Å²) in [4.78, 5) is 1.45. The molecule has 1 aromatic heterocycles. The second-order valence-corrected chi connectivity index (χ2v) is 5.75. The van der Waals surface area contributed by atoms with Crippen LogP contribution >= 0.6 is 11.3 Å². The van der Waals surface area contributed by atoms with E-state index < -0.39 is 0 Å². The van der Waals surface area contributed by atoms with E-state index in [1.165, 1.54) is 11.3 Å². The van der Waals surface area contributed by atoms with Gasteiger partial charge in [-0.15, -0.1) is 11.3 Å². The molecule has 14 heavy (non-hydrogen) atoms. The molecular formula is C12H21NS. The van der Waals surface area contributed by atoms with Crippen molar-refractivity contribution in [3.8, 4) is 0 Å². The van der Waals surface area contributed by atoms with Crippen LogP contribution in [0.3, 0.4) is 0 Å². The molecule has 0 bridgehead atoms. The van der Waals surface area contributed by atoms with Crippen LogP contribution in [0.1, 0.15) is 45.0 Å². The Hall–Kier alpha value is -0.340. The third-order valence-electron chi connectivity index (χ3n) is 2.29. The van der Waals surface area contributed by atoms with Crippen molar-refractivity contribution >= 4 is 11.3 Å². The Morgan fingerprint density at radius 3 is 2.57 bits per heavy atom. The average Bonchev–Trinajstić information content (AvgIpc) is 2.55. The summed E-state index contributed by atoms with van der Waals surface area (Å²) in [6.07, 6.45) is 1.19. The van der Waals surface area contributed by atoms with Gasteiger partial charge in [-0.3, -0.25) is 0 Å². The monoisotopic (exact) mass is 211 g/mol. The van der Waals surface area contributed by atoms with Gasteiger partial charge in [0, 0.05) is 10.9 Å². The highest BCUT2D eigenvalue weighted by molar-refractivity contribution is 7.10. The molecule has 1 heterocycles. The summed E-state index contributed by atoms with van der Waals surface area (Å²) in [5.74, 6) is 0. The van der Waals surface area contributed by atoms with Crippen molar-refractivity contribution in [2.24, 2.45) is 5.41 Å². The van der Waals surface area contributed by atoms with Crippen LogP contribution in [0.4, 0.5) is 0 Å².